The molecular weight excluding hydrogens is 510 g/mol. The zero-order valence-corrected chi connectivity index (χ0v) is 24.3. The number of oxazole rings is 1. The molecule has 2 aromatic carbocycles. The first-order valence-electron chi connectivity index (χ1n) is 13.6. The van der Waals surface area contributed by atoms with Crippen LogP contribution in [0.25, 0.3) is 11.5 Å². The molecule has 9 nitrogen and oxygen atoms in total. The van der Waals surface area contributed by atoms with Gasteiger partial charge in [-0.05, 0) is 102 Å². The van der Waals surface area contributed by atoms with Crippen LogP contribution < -0.4 is 16.2 Å². The van der Waals surface area contributed by atoms with Crippen molar-refractivity contribution >= 4 is 17.6 Å². The molecule has 1 heterocycles. The summed E-state index contributed by atoms with van der Waals surface area (Å²) in [4.78, 5) is 29.3. The summed E-state index contributed by atoms with van der Waals surface area (Å²) >= 11 is 0. The van der Waals surface area contributed by atoms with E-state index in [-0.39, 0.29) is 24.9 Å². The molecule has 0 radical (unpaired) electrons. The van der Waals surface area contributed by atoms with Crippen molar-refractivity contribution < 1.29 is 28.2 Å². The van der Waals surface area contributed by atoms with E-state index in [9.17, 15) is 9.59 Å². The lowest BCUT2D eigenvalue weighted by atomic mass is 9.97. The van der Waals surface area contributed by atoms with Gasteiger partial charge in [0.15, 0.2) is 0 Å². The number of nitrogens with two attached hydrogens (primary N) is 2. The van der Waals surface area contributed by atoms with Gasteiger partial charge in [-0.15, -0.1) is 0 Å². The van der Waals surface area contributed by atoms with E-state index in [1.54, 1.807) is 26.0 Å². The number of nitrogens with zero attached hydrogens (tertiary/aromatic N) is 1. The zero-order valence-electron chi connectivity index (χ0n) is 24.3. The fourth-order valence-electron chi connectivity index (χ4n) is 4.07. The number of hydrogen-bond acceptors (Lipinski definition) is 9. The molecule has 0 aliphatic carbocycles. The smallest absolute Gasteiger partial charge is 0.323 e. The van der Waals surface area contributed by atoms with Gasteiger partial charge in [-0.1, -0.05) is 6.07 Å². The quantitative estimate of drug-likeness (QED) is 0.236. The first kappa shape index (κ1) is 30.7. The fourth-order valence-corrected chi connectivity index (χ4v) is 4.07. The molecule has 1 unspecified atom stereocenters. The molecule has 216 valence electrons. The predicted octanol–water partition coefficient (Wildman–Crippen LogP) is 4.95. The van der Waals surface area contributed by atoms with E-state index in [2.05, 4.69) is 4.98 Å². The minimum Gasteiger partial charge on any atom is -0.493 e. The normalized spacial score (nSPS) is 12.3. The van der Waals surface area contributed by atoms with E-state index in [0.29, 0.717) is 36.8 Å². The number of aryl methyl sites for hydroxylation is 2. The average Bonchev–Trinajstić information content (AvgIpc) is 3.22. The van der Waals surface area contributed by atoms with Gasteiger partial charge in [0.25, 0.3) is 0 Å². The number of anilines is 1. The predicted molar refractivity (Wildman–Crippen MR) is 154 cm³/mol. The SMILES string of the molecule is Cc1oc(-c2ccc(N)cc2)nc1CCOc1ccc(CCC(=O)OC(C)(C)C)c(CC(N)C(=O)OC(C)C)c1. The van der Waals surface area contributed by atoms with E-state index in [0.717, 1.165) is 28.1 Å². The Labute approximate surface area is 236 Å². The lowest BCUT2D eigenvalue weighted by Gasteiger charge is -2.20. The van der Waals surface area contributed by atoms with Gasteiger partial charge < -0.3 is 30.1 Å². The van der Waals surface area contributed by atoms with Crippen molar-refractivity contribution in [2.24, 2.45) is 5.73 Å². The van der Waals surface area contributed by atoms with Gasteiger partial charge in [-0.2, -0.15) is 0 Å². The summed E-state index contributed by atoms with van der Waals surface area (Å²) in [7, 11) is 0. The Morgan fingerprint density at radius 1 is 1.02 bits per heavy atom. The highest BCUT2D eigenvalue weighted by atomic mass is 16.6. The molecule has 3 aromatic rings. The fraction of sp³-hybridized carbons (Fsp3) is 0.452. The van der Waals surface area contributed by atoms with Gasteiger partial charge in [0.1, 0.15) is 23.2 Å². The Bertz CT molecular complexity index is 1290. The molecule has 0 spiro atoms. The number of benzene rings is 2. The highest BCUT2D eigenvalue weighted by Gasteiger charge is 2.21. The van der Waals surface area contributed by atoms with Gasteiger partial charge >= 0.3 is 11.9 Å². The van der Waals surface area contributed by atoms with Crippen LogP contribution in [0.15, 0.2) is 46.9 Å². The van der Waals surface area contributed by atoms with Crippen molar-refractivity contribution in [3.8, 4) is 17.2 Å². The molecule has 0 fully saturated rings. The van der Waals surface area contributed by atoms with Crippen LogP contribution >= 0.6 is 0 Å². The maximum Gasteiger partial charge on any atom is 0.323 e. The molecule has 3 rings (SSSR count). The monoisotopic (exact) mass is 551 g/mol. The summed E-state index contributed by atoms with van der Waals surface area (Å²) in [5, 5.41) is 0. The molecule has 0 amide bonds. The van der Waals surface area contributed by atoms with Crippen LogP contribution in [0.3, 0.4) is 0 Å². The molecule has 0 aliphatic heterocycles. The summed E-state index contributed by atoms with van der Waals surface area (Å²) in [6, 6.07) is 12.1. The first-order valence-corrected chi connectivity index (χ1v) is 13.6. The van der Waals surface area contributed by atoms with Crippen LogP contribution in [0.5, 0.6) is 5.75 Å². The molecule has 40 heavy (non-hydrogen) atoms. The molecule has 0 aliphatic rings. The van der Waals surface area contributed by atoms with E-state index in [4.69, 9.17) is 30.1 Å². The molecule has 9 heteroatoms. The number of esters is 2. The topological polar surface area (TPSA) is 140 Å². The molecular formula is C31H41N3O6. The van der Waals surface area contributed by atoms with E-state index >= 15 is 0 Å². The zero-order chi connectivity index (χ0) is 29.4. The number of carbonyl (C=O) groups excluding carboxylic acids is 2. The van der Waals surface area contributed by atoms with Crippen LogP contribution in [-0.4, -0.2) is 41.3 Å². The largest absolute Gasteiger partial charge is 0.493 e. The van der Waals surface area contributed by atoms with Crippen LogP contribution in [0.2, 0.25) is 0 Å². The molecule has 1 aromatic heterocycles. The van der Waals surface area contributed by atoms with Crippen molar-refractivity contribution in [1.82, 2.24) is 4.98 Å². The third-order valence-electron chi connectivity index (χ3n) is 5.95. The highest BCUT2D eigenvalue weighted by molar-refractivity contribution is 5.76. The van der Waals surface area contributed by atoms with Crippen LogP contribution in [-0.2, 0) is 38.3 Å². The van der Waals surface area contributed by atoms with Crippen molar-refractivity contribution in [1.29, 1.82) is 0 Å². The van der Waals surface area contributed by atoms with Gasteiger partial charge in [0.2, 0.25) is 5.89 Å². The molecule has 0 bridgehead atoms. The van der Waals surface area contributed by atoms with Gasteiger partial charge in [0, 0.05) is 24.1 Å². The Hall–Kier alpha value is -3.85. The van der Waals surface area contributed by atoms with E-state index in [1.807, 2.05) is 58.0 Å². The second-order valence-electron chi connectivity index (χ2n) is 11.1. The minimum absolute atomic E-state index is 0.206. The van der Waals surface area contributed by atoms with Gasteiger partial charge in [0.05, 0.1) is 18.4 Å². The first-order chi connectivity index (χ1) is 18.8. The Balaban J connectivity index is 1.69. The summed E-state index contributed by atoms with van der Waals surface area (Å²) in [5.74, 6) is 1.12. The summed E-state index contributed by atoms with van der Waals surface area (Å²) in [5.41, 5.74) is 15.4. The number of ether oxygens (including phenoxy) is 3. The maximum absolute atomic E-state index is 12.4. The number of aromatic nitrogens is 1. The van der Waals surface area contributed by atoms with Crippen molar-refractivity contribution in [2.45, 2.75) is 85.0 Å². The molecule has 0 saturated heterocycles. The van der Waals surface area contributed by atoms with Crippen LogP contribution in [0, 0.1) is 6.92 Å². The van der Waals surface area contributed by atoms with Crippen molar-refractivity contribution in [2.75, 3.05) is 12.3 Å². The van der Waals surface area contributed by atoms with Gasteiger partial charge in [-0.25, -0.2) is 4.98 Å². The summed E-state index contributed by atoms with van der Waals surface area (Å²) < 4.78 is 22.6. The number of carbonyl (C=O) groups is 2. The summed E-state index contributed by atoms with van der Waals surface area (Å²) in [6.45, 7) is 11.3. The molecule has 0 saturated carbocycles. The number of rotatable bonds is 12. The molecule has 4 N–H and O–H groups in total. The van der Waals surface area contributed by atoms with Crippen LogP contribution in [0.1, 0.15) is 63.6 Å². The lowest BCUT2D eigenvalue weighted by Crippen LogP contribution is -2.36. The van der Waals surface area contributed by atoms with E-state index in [1.165, 1.54) is 0 Å². The van der Waals surface area contributed by atoms with Gasteiger partial charge in [-0.3, -0.25) is 9.59 Å². The third kappa shape index (κ3) is 9.41. The summed E-state index contributed by atoms with van der Waals surface area (Å²) in [6.07, 6.45) is 1.18. The number of hydrogen-bond donors (Lipinski definition) is 2. The maximum atomic E-state index is 12.4. The second kappa shape index (κ2) is 13.5. The Kier molecular flexibility index (Phi) is 10.3. The highest BCUT2D eigenvalue weighted by Crippen LogP contribution is 2.25. The average molecular weight is 552 g/mol. The third-order valence-corrected chi connectivity index (χ3v) is 5.95. The lowest BCUT2D eigenvalue weighted by molar-refractivity contribution is -0.154. The van der Waals surface area contributed by atoms with Crippen molar-refractivity contribution in [3.05, 3.63) is 65.0 Å². The van der Waals surface area contributed by atoms with E-state index < -0.39 is 17.6 Å². The standard InChI is InChI=1S/C31H41N3O6/c1-19(2)38-30(36)26(33)18-23-17-25(13-9-21(23)10-14-28(35)40-31(4,5)6)37-16-15-27-20(3)39-29(34-27)22-7-11-24(32)12-8-22/h7-9,11-13,17,19,26H,10,14-16,18,32-33H2,1-6H3. The number of nitrogen functional groups attached to an aromatic ring is 1. The van der Waals surface area contributed by atoms with Crippen molar-refractivity contribution in [3.63, 3.8) is 0 Å². The molecule has 1 atom stereocenters. The Morgan fingerprint density at radius 3 is 2.38 bits per heavy atom. The minimum atomic E-state index is -0.845. The van der Waals surface area contributed by atoms with Crippen LogP contribution in [0.4, 0.5) is 5.69 Å². The Morgan fingerprint density at radius 2 is 1.73 bits per heavy atom. The second-order valence-corrected chi connectivity index (χ2v) is 11.1.